The molecule has 0 bridgehead atoms. The summed E-state index contributed by atoms with van der Waals surface area (Å²) in [4.78, 5) is 38.2. The van der Waals surface area contributed by atoms with E-state index in [1.165, 1.54) is 25.7 Å². The molecule has 0 rings (SSSR count). The lowest BCUT2D eigenvalue weighted by Gasteiger charge is -2.18. The van der Waals surface area contributed by atoms with Crippen LogP contribution in [0.15, 0.2) is 158 Å². The van der Waals surface area contributed by atoms with Crippen LogP contribution in [0.1, 0.15) is 226 Å². The average Bonchev–Trinajstić information content (AvgIpc) is 3.39. The van der Waals surface area contributed by atoms with Gasteiger partial charge >= 0.3 is 17.9 Å². The number of carbonyl (C=O) groups excluding carboxylic acids is 3. The summed E-state index contributed by atoms with van der Waals surface area (Å²) in [5, 5.41) is 0. The maximum atomic E-state index is 12.9. The molecule has 0 spiro atoms. The van der Waals surface area contributed by atoms with Gasteiger partial charge in [0.15, 0.2) is 6.10 Å². The van der Waals surface area contributed by atoms with E-state index in [1.54, 1.807) is 0 Å². The Balaban J connectivity index is 4.57. The molecule has 0 aliphatic carbocycles. The second-order valence-electron chi connectivity index (χ2n) is 18.4. The number of unbranched alkanes of at least 4 members (excludes halogenated alkanes) is 13. The van der Waals surface area contributed by atoms with E-state index in [2.05, 4.69) is 179 Å². The van der Waals surface area contributed by atoms with Crippen molar-refractivity contribution in [3.63, 3.8) is 0 Å². The SMILES string of the molecule is CC/C=C\C/C=C\C/C=C\C/C=C\C/C=C\C/C=C\C/C=C\CCCC(=O)OCC(COC(=O)CCCCCCC/C=C\C/C=C\CCCCC)OC(=O)CCCCCC/C=C\C/C=C\C/C=C\C/C=C\CC. The number of rotatable bonds is 50. The predicted octanol–water partition coefficient (Wildman–Crippen LogP) is 19.8. The van der Waals surface area contributed by atoms with E-state index >= 15 is 0 Å². The zero-order chi connectivity index (χ0) is 52.9. The lowest BCUT2D eigenvalue weighted by molar-refractivity contribution is -0.167. The van der Waals surface area contributed by atoms with E-state index < -0.39 is 6.10 Å². The van der Waals surface area contributed by atoms with E-state index in [4.69, 9.17) is 14.2 Å². The van der Waals surface area contributed by atoms with Gasteiger partial charge in [-0.05, 0) is 141 Å². The lowest BCUT2D eigenvalue weighted by Crippen LogP contribution is -2.30. The van der Waals surface area contributed by atoms with Crippen molar-refractivity contribution in [3.8, 4) is 0 Å². The lowest BCUT2D eigenvalue weighted by atomic mass is 10.1. The molecule has 1 atom stereocenters. The summed E-state index contributed by atoms with van der Waals surface area (Å²) in [5.41, 5.74) is 0. The molecule has 0 N–H and O–H groups in total. The Morgan fingerprint density at radius 3 is 0.890 bits per heavy atom. The summed E-state index contributed by atoms with van der Waals surface area (Å²) in [7, 11) is 0. The van der Waals surface area contributed by atoms with Gasteiger partial charge in [0.2, 0.25) is 0 Å². The van der Waals surface area contributed by atoms with Gasteiger partial charge in [0.05, 0.1) is 0 Å². The first-order valence-corrected chi connectivity index (χ1v) is 29.0. The number of carbonyl (C=O) groups is 3. The Bertz CT molecular complexity index is 1670. The first kappa shape index (κ1) is 68.0. The molecule has 0 fully saturated rings. The molecule has 0 aromatic carbocycles. The van der Waals surface area contributed by atoms with Crippen LogP contribution < -0.4 is 0 Å². The molecule has 0 saturated heterocycles. The van der Waals surface area contributed by atoms with Crippen molar-refractivity contribution in [2.24, 2.45) is 0 Å². The van der Waals surface area contributed by atoms with Gasteiger partial charge in [0, 0.05) is 19.3 Å². The van der Waals surface area contributed by atoms with Gasteiger partial charge in [0.25, 0.3) is 0 Å². The normalized spacial score (nSPS) is 13.3. The zero-order valence-electron chi connectivity index (χ0n) is 46.6. The van der Waals surface area contributed by atoms with Gasteiger partial charge in [-0.25, -0.2) is 0 Å². The quantitative estimate of drug-likeness (QED) is 0.0261. The van der Waals surface area contributed by atoms with Gasteiger partial charge < -0.3 is 14.2 Å². The van der Waals surface area contributed by atoms with Crippen molar-refractivity contribution in [1.82, 2.24) is 0 Å². The molecule has 1 unspecified atom stereocenters. The van der Waals surface area contributed by atoms with Crippen LogP contribution >= 0.6 is 0 Å². The largest absolute Gasteiger partial charge is 0.462 e. The molecule has 6 nitrogen and oxygen atoms in total. The molecule has 0 heterocycles. The summed E-state index contributed by atoms with van der Waals surface area (Å²) >= 11 is 0. The molecule has 408 valence electrons. The van der Waals surface area contributed by atoms with Gasteiger partial charge in [-0.1, -0.05) is 224 Å². The van der Waals surface area contributed by atoms with E-state index in [0.29, 0.717) is 12.8 Å². The van der Waals surface area contributed by atoms with Crippen LogP contribution in [0.4, 0.5) is 0 Å². The molecule has 0 amide bonds. The molecule has 0 aliphatic rings. The molecule has 0 aromatic rings. The summed E-state index contributed by atoms with van der Waals surface area (Å²) in [6.45, 7) is 6.29. The van der Waals surface area contributed by atoms with E-state index in [-0.39, 0.29) is 44.0 Å². The van der Waals surface area contributed by atoms with Crippen molar-refractivity contribution in [3.05, 3.63) is 158 Å². The maximum Gasteiger partial charge on any atom is 0.306 e. The van der Waals surface area contributed by atoms with Crippen LogP contribution in [0.2, 0.25) is 0 Å². The van der Waals surface area contributed by atoms with E-state index in [1.807, 2.05) is 0 Å². The van der Waals surface area contributed by atoms with Crippen LogP contribution in [0.5, 0.6) is 0 Å². The summed E-state index contributed by atoms with van der Waals surface area (Å²) < 4.78 is 16.8. The Morgan fingerprint density at radius 1 is 0.288 bits per heavy atom. The summed E-state index contributed by atoms with van der Waals surface area (Å²) in [5.74, 6) is -1.03. The fraction of sp³-hybridized carbons (Fsp3) is 0.567. The molecule has 0 radical (unpaired) electrons. The fourth-order valence-electron chi connectivity index (χ4n) is 7.22. The smallest absolute Gasteiger partial charge is 0.306 e. The van der Waals surface area contributed by atoms with E-state index in [9.17, 15) is 14.4 Å². The van der Waals surface area contributed by atoms with Gasteiger partial charge in [0.1, 0.15) is 13.2 Å². The standard InChI is InChI=1S/C67H104O6/c1-4-7-10-13-16-19-22-25-28-30-31-32-33-34-35-37-39-42-45-48-51-54-57-60-66(69)72-63-64(62-71-65(68)59-56-53-50-47-44-41-38-27-24-21-18-15-12-9-6-3)73-67(70)61-58-55-52-49-46-43-40-36-29-26-23-20-17-14-11-8-5-2/h7-8,10-11,16-21,25-29,31-32,34-35,38-40,42-43,48,51,64H,4-6,9,12-15,22-24,30,33,36-37,41,44-47,49-50,52-63H2,1-3H3/b10-7-,11-8-,19-16-,20-17-,21-18-,28-25-,29-26-,32-31-,35-34-,38-27-,42-39-,43-40-,51-48-. The minimum atomic E-state index is -0.829. The molecular weight excluding hydrogens is 901 g/mol. The Morgan fingerprint density at radius 2 is 0.548 bits per heavy atom. The Kier molecular flexibility index (Phi) is 55.5. The third-order valence-electron chi connectivity index (χ3n) is 11.5. The summed E-state index contributed by atoms with van der Waals surface area (Å²) in [6, 6.07) is 0. The first-order chi connectivity index (χ1) is 36.0. The molecular formula is C67H104O6. The highest BCUT2D eigenvalue weighted by molar-refractivity contribution is 5.71. The third-order valence-corrected chi connectivity index (χ3v) is 11.5. The van der Waals surface area contributed by atoms with Crippen LogP contribution in [0.25, 0.3) is 0 Å². The van der Waals surface area contributed by atoms with Crippen LogP contribution in [0.3, 0.4) is 0 Å². The number of allylic oxidation sites excluding steroid dienone is 26. The first-order valence-electron chi connectivity index (χ1n) is 29.0. The van der Waals surface area contributed by atoms with Crippen LogP contribution in [0, 0.1) is 0 Å². The number of hydrogen-bond donors (Lipinski definition) is 0. The molecule has 73 heavy (non-hydrogen) atoms. The maximum absolute atomic E-state index is 12.9. The molecule has 0 saturated carbocycles. The van der Waals surface area contributed by atoms with Crippen molar-refractivity contribution in [2.75, 3.05) is 13.2 Å². The highest BCUT2D eigenvalue weighted by Crippen LogP contribution is 2.12. The fourth-order valence-corrected chi connectivity index (χ4v) is 7.22. The van der Waals surface area contributed by atoms with Gasteiger partial charge in [-0.3, -0.25) is 14.4 Å². The molecule has 0 aromatic heterocycles. The molecule has 0 aliphatic heterocycles. The van der Waals surface area contributed by atoms with Gasteiger partial charge in [-0.2, -0.15) is 0 Å². The van der Waals surface area contributed by atoms with Crippen molar-refractivity contribution < 1.29 is 28.6 Å². The minimum Gasteiger partial charge on any atom is -0.462 e. The second-order valence-corrected chi connectivity index (χ2v) is 18.4. The summed E-state index contributed by atoms with van der Waals surface area (Å²) in [6.07, 6.45) is 86.6. The Hall–Kier alpha value is -4.97. The molecule has 6 heteroatoms. The van der Waals surface area contributed by atoms with Crippen molar-refractivity contribution >= 4 is 17.9 Å². The number of esters is 3. The van der Waals surface area contributed by atoms with Crippen molar-refractivity contribution in [2.45, 2.75) is 232 Å². The van der Waals surface area contributed by atoms with E-state index in [0.717, 1.165) is 154 Å². The third kappa shape index (κ3) is 57.8. The zero-order valence-corrected chi connectivity index (χ0v) is 46.6. The van der Waals surface area contributed by atoms with Gasteiger partial charge in [-0.15, -0.1) is 0 Å². The monoisotopic (exact) mass is 1000 g/mol. The Labute approximate surface area is 448 Å². The highest BCUT2D eigenvalue weighted by Gasteiger charge is 2.19. The van der Waals surface area contributed by atoms with Crippen molar-refractivity contribution in [1.29, 1.82) is 0 Å². The minimum absolute atomic E-state index is 0.121. The average molecular weight is 1010 g/mol. The predicted molar refractivity (Wildman–Crippen MR) is 315 cm³/mol. The van der Waals surface area contributed by atoms with Crippen LogP contribution in [-0.4, -0.2) is 37.2 Å². The second kappa shape index (κ2) is 59.6. The number of hydrogen-bond acceptors (Lipinski definition) is 6. The van der Waals surface area contributed by atoms with Crippen LogP contribution in [-0.2, 0) is 28.6 Å². The highest BCUT2D eigenvalue weighted by atomic mass is 16.6. The number of ether oxygens (including phenoxy) is 3. The topological polar surface area (TPSA) is 78.9 Å².